The first-order valence-corrected chi connectivity index (χ1v) is 7.55. The molecule has 1 aliphatic heterocycles. The van der Waals surface area contributed by atoms with Crippen LogP contribution in [0.3, 0.4) is 0 Å². The number of ketones is 1. The van der Waals surface area contributed by atoms with E-state index in [-0.39, 0.29) is 5.41 Å². The predicted octanol–water partition coefficient (Wildman–Crippen LogP) is 3.53. The molecule has 2 aliphatic rings. The highest BCUT2D eigenvalue weighted by Gasteiger charge is 2.37. The van der Waals surface area contributed by atoms with Crippen molar-refractivity contribution in [2.24, 2.45) is 5.41 Å². The Balaban J connectivity index is 1.90. The maximum atomic E-state index is 13.0. The molecule has 0 radical (unpaired) electrons. The van der Waals surface area contributed by atoms with Gasteiger partial charge in [0.25, 0.3) is 0 Å². The monoisotopic (exact) mass is 257 g/mol. The number of nitrogens with one attached hydrogen (secondary N) is 1. The summed E-state index contributed by atoms with van der Waals surface area (Å²) in [5.74, 6) is 1.00. The van der Waals surface area contributed by atoms with E-state index in [1.807, 2.05) is 12.1 Å². The van der Waals surface area contributed by atoms with Gasteiger partial charge in [0.15, 0.2) is 5.78 Å². The van der Waals surface area contributed by atoms with Crippen molar-refractivity contribution in [2.45, 2.75) is 44.9 Å². The number of carbonyl (C=O) groups excluding carboxylic acids is 1. The van der Waals surface area contributed by atoms with Crippen molar-refractivity contribution in [1.82, 2.24) is 5.32 Å². The van der Waals surface area contributed by atoms with E-state index in [0.29, 0.717) is 11.7 Å². The number of hydrogen-bond donors (Lipinski definition) is 1. The summed E-state index contributed by atoms with van der Waals surface area (Å²) in [6.07, 6.45) is 5.75. The molecule has 0 amide bonds. The van der Waals surface area contributed by atoms with Crippen LogP contribution in [-0.4, -0.2) is 18.9 Å². The van der Waals surface area contributed by atoms with E-state index in [1.54, 1.807) is 0 Å². The minimum atomic E-state index is -0.162. The summed E-state index contributed by atoms with van der Waals surface area (Å²) in [7, 11) is 0. The number of benzene rings is 1. The van der Waals surface area contributed by atoms with Crippen molar-refractivity contribution in [3.05, 3.63) is 35.4 Å². The number of piperidine rings is 1. The summed E-state index contributed by atoms with van der Waals surface area (Å²) >= 11 is 0. The zero-order valence-electron chi connectivity index (χ0n) is 11.7. The van der Waals surface area contributed by atoms with Crippen LogP contribution in [0.25, 0.3) is 0 Å². The molecular formula is C17H23NO. The van der Waals surface area contributed by atoms with Crippen molar-refractivity contribution in [2.75, 3.05) is 13.1 Å². The molecule has 1 aromatic carbocycles. The van der Waals surface area contributed by atoms with Crippen LogP contribution < -0.4 is 5.32 Å². The third-order valence-electron chi connectivity index (χ3n) is 5.01. The van der Waals surface area contributed by atoms with Crippen molar-refractivity contribution < 1.29 is 4.79 Å². The first-order chi connectivity index (χ1) is 9.21. The Hall–Kier alpha value is -1.15. The lowest BCUT2D eigenvalue weighted by Gasteiger charge is -2.35. The van der Waals surface area contributed by atoms with Crippen LogP contribution in [-0.2, 0) is 0 Å². The number of Topliss-reactive ketones (excluding diaryl/α,β-unsaturated/α-hetero) is 1. The van der Waals surface area contributed by atoms with Crippen molar-refractivity contribution in [3.8, 4) is 0 Å². The van der Waals surface area contributed by atoms with Gasteiger partial charge in [-0.3, -0.25) is 4.79 Å². The van der Waals surface area contributed by atoms with Crippen LogP contribution in [0.5, 0.6) is 0 Å². The Bertz CT molecular complexity index is 470. The molecule has 0 atom stereocenters. The maximum Gasteiger partial charge on any atom is 0.169 e. The van der Waals surface area contributed by atoms with Gasteiger partial charge >= 0.3 is 0 Å². The van der Waals surface area contributed by atoms with Crippen LogP contribution in [0.15, 0.2) is 24.3 Å². The van der Waals surface area contributed by atoms with E-state index in [1.165, 1.54) is 24.8 Å². The lowest BCUT2D eigenvalue weighted by Crippen LogP contribution is -2.40. The number of rotatable bonds is 3. The second kappa shape index (κ2) is 5.09. The molecule has 2 fully saturated rings. The van der Waals surface area contributed by atoms with Gasteiger partial charge in [-0.1, -0.05) is 37.6 Å². The highest BCUT2D eigenvalue weighted by Crippen LogP contribution is 2.40. The first kappa shape index (κ1) is 12.9. The molecule has 1 saturated carbocycles. The second-order valence-electron chi connectivity index (χ2n) is 6.35. The quantitative estimate of drug-likeness (QED) is 0.839. The molecule has 0 spiro atoms. The van der Waals surface area contributed by atoms with Crippen LogP contribution in [0.4, 0.5) is 0 Å². The first-order valence-electron chi connectivity index (χ1n) is 7.55. The van der Waals surface area contributed by atoms with E-state index in [0.717, 1.165) is 31.5 Å². The molecule has 102 valence electrons. The average Bonchev–Trinajstić information content (AvgIpc) is 2.37. The second-order valence-corrected chi connectivity index (χ2v) is 6.35. The summed E-state index contributed by atoms with van der Waals surface area (Å²) in [6.45, 7) is 4.08. The standard InChI is InChI=1S/C17H23NO/c1-17(9-11-18-12-10-17)16(19)15-8-3-2-7-14(15)13-5-4-6-13/h2-3,7-8,13,18H,4-6,9-12H2,1H3. The van der Waals surface area contributed by atoms with E-state index in [4.69, 9.17) is 0 Å². The fourth-order valence-corrected chi connectivity index (χ4v) is 3.31. The van der Waals surface area contributed by atoms with E-state index in [9.17, 15) is 4.79 Å². The molecule has 1 aromatic rings. The van der Waals surface area contributed by atoms with Gasteiger partial charge in [0.05, 0.1) is 0 Å². The van der Waals surface area contributed by atoms with Crippen molar-refractivity contribution in [1.29, 1.82) is 0 Å². The van der Waals surface area contributed by atoms with Gasteiger partial charge < -0.3 is 5.32 Å². The molecule has 3 rings (SSSR count). The molecule has 0 bridgehead atoms. The van der Waals surface area contributed by atoms with Crippen LogP contribution >= 0.6 is 0 Å². The highest BCUT2D eigenvalue weighted by molar-refractivity contribution is 6.01. The van der Waals surface area contributed by atoms with Crippen LogP contribution in [0.1, 0.15) is 60.9 Å². The topological polar surface area (TPSA) is 29.1 Å². The summed E-state index contributed by atoms with van der Waals surface area (Å²) in [5, 5.41) is 3.35. The third-order valence-corrected chi connectivity index (χ3v) is 5.01. The summed E-state index contributed by atoms with van der Waals surface area (Å²) in [4.78, 5) is 13.0. The van der Waals surface area contributed by atoms with E-state index in [2.05, 4.69) is 24.4 Å². The fourth-order valence-electron chi connectivity index (χ4n) is 3.31. The van der Waals surface area contributed by atoms with Crippen LogP contribution in [0.2, 0.25) is 0 Å². The van der Waals surface area contributed by atoms with Gasteiger partial charge in [-0.05, 0) is 50.3 Å². The maximum absolute atomic E-state index is 13.0. The van der Waals surface area contributed by atoms with Crippen molar-refractivity contribution >= 4 is 5.78 Å². The molecule has 1 heterocycles. The fraction of sp³-hybridized carbons (Fsp3) is 0.588. The van der Waals surface area contributed by atoms with Crippen molar-refractivity contribution in [3.63, 3.8) is 0 Å². The molecule has 2 heteroatoms. The Morgan fingerprint density at radius 3 is 2.53 bits per heavy atom. The Kier molecular flexibility index (Phi) is 3.44. The molecule has 0 unspecified atom stereocenters. The molecule has 1 N–H and O–H groups in total. The molecule has 0 aromatic heterocycles. The van der Waals surface area contributed by atoms with Gasteiger partial charge in [0, 0.05) is 11.0 Å². The highest BCUT2D eigenvalue weighted by atomic mass is 16.1. The number of hydrogen-bond acceptors (Lipinski definition) is 2. The minimum absolute atomic E-state index is 0.162. The predicted molar refractivity (Wildman–Crippen MR) is 77.6 cm³/mol. The summed E-state index contributed by atoms with van der Waals surface area (Å²) in [6, 6.07) is 8.31. The largest absolute Gasteiger partial charge is 0.317 e. The zero-order chi connectivity index (χ0) is 13.3. The lowest BCUT2D eigenvalue weighted by molar-refractivity contribution is 0.0760. The van der Waals surface area contributed by atoms with E-state index < -0.39 is 0 Å². The average molecular weight is 257 g/mol. The van der Waals surface area contributed by atoms with Gasteiger partial charge in [0.2, 0.25) is 0 Å². The minimum Gasteiger partial charge on any atom is -0.317 e. The Morgan fingerprint density at radius 1 is 1.21 bits per heavy atom. The molecule has 1 aliphatic carbocycles. The molecule has 1 saturated heterocycles. The SMILES string of the molecule is CC1(C(=O)c2ccccc2C2CCC2)CCNCC1. The smallest absolute Gasteiger partial charge is 0.169 e. The molecule has 2 nitrogen and oxygen atoms in total. The Morgan fingerprint density at radius 2 is 1.89 bits per heavy atom. The third kappa shape index (κ3) is 2.34. The summed E-state index contributed by atoms with van der Waals surface area (Å²) in [5.41, 5.74) is 2.14. The van der Waals surface area contributed by atoms with Gasteiger partial charge in [0.1, 0.15) is 0 Å². The van der Waals surface area contributed by atoms with Gasteiger partial charge in [-0.25, -0.2) is 0 Å². The summed E-state index contributed by atoms with van der Waals surface area (Å²) < 4.78 is 0. The lowest BCUT2D eigenvalue weighted by atomic mass is 9.71. The van der Waals surface area contributed by atoms with Crippen LogP contribution in [0, 0.1) is 5.41 Å². The van der Waals surface area contributed by atoms with Gasteiger partial charge in [-0.15, -0.1) is 0 Å². The van der Waals surface area contributed by atoms with Gasteiger partial charge in [-0.2, -0.15) is 0 Å². The number of carbonyl (C=O) groups is 1. The normalized spacial score (nSPS) is 22.8. The molecular weight excluding hydrogens is 234 g/mol. The molecule has 19 heavy (non-hydrogen) atoms. The zero-order valence-corrected chi connectivity index (χ0v) is 11.7. The Labute approximate surface area is 115 Å². The van der Waals surface area contributed by atoms with E-state index >= 15 is 0 Å².